The molecule has 2 heterocycles. The fourth-order valence-electron chi connectivity index (χ4n) is 1.18. The molecule has 2 aromatic heterocycles. The maximum Gasteiger partial charge on any atom is 0.153 e. The lowest BCUT2D eigenvalue weighted by molar-refractivity contribution is 0.768. The van der Waals surface area contributed by atoms with Gasteiger partial charge in [0.05, 0.1) is 17.6 Å². The molecule has 6 heteroatoms. The summed E-state index contributed by atoms with van der Waals surface area (Å²) in [4.78, 5) is 4.16. The normalized spacial score (nSPS) is 10.3. The molecule has 2 rings (SSSR count). The number of aromatic nitrogens is 3. The van der Waals surface area contributed by atoms with Crippen molar-refractivity contribution in [3.05, 3.63) is 29.1 Å². The van der Waals surface area contributed by atoms with E-state index in [1.165, 1.54) is 0 Å². The van der Waals surface area contributed by atoms with E-state index in [1.807, 2.05) is 13.2 Å². The van der Waals surface area contributed by atoms with Crippen LogP contribution in [0.25, 0.3) is 0 Å². The molecule has 2 aromatic rings. The van der Waals surface area contributed by atoms with Gasteiger partial charge in [-0.25, -0.2) is 4.98 Å². The largest absolute Gasteiger partial charge is 0.396 e. The molecule has 0 amide bonds. The summed E-state index contributed by atoms with van der Waals surface area (Å²) >= 11 is 3.30. The number of halogens is 1. The van der Waals surface area contributed by atoms with Gasteiger partial charge in [-0.2, -0.15) is 5.10 Å². The molecule has 15 heavy (non-hydrogen) atoms. The number of aryl methyl sites for hydroxylation is 1. The van der Waals surface area contributed by atoms with Crippen LogP contribution >= 0.6 is 15.9 Å². The second-order valence-electron chi connectivity index (χ2n) is 3.12. The summed E-state index contributed by atoms with van der Waals surface area (Å²) in [5.74, 6) is 0.631. The zero-order valence-electron chi connectivity index (χ0n) is 8.11. The molecule has 0 spiro atoms. The Bertz CT molecular complexity index is 479. The van der Waals surface area contributed by atoms with Gasteiger partial charge in [-0.1, -0.05) is 0 Å². The van der Waals surface area contributed by atoms with E-state index in [2.05, 4.69) is 31.3 Å². The van der Waals surface area contributed by atoms with Crippen molar-refractivity contribution >= 4 is 33.1 Å². The Hall–Kier alpha value is -1.56. The van der Waals surface area contributed by atoms with Crippen LogP contribution in [0.3, 0.4) is 0 Å². The van der Waals surface area contributed by atoms with E-state index in [0.717, 1.165) is 10.2 Å². The van der Waals surface area contributed by atoms with Gasteiger partial charge in [0.15, 0.2) is 5.82 Å². The fourth-order valence-corrected chi connectivity index (χ4v) is 1.53. The Balaban J connectivity index is 2.24. The highest BCUT2D eigenvalue weighted by molar-refractivity contribution is 9.10. The van der Waals surface area contributed by atoms with Gasteiger partial charge in [0, 0.05) is 23.9 Å². The molecule has 0 atom stereocenters. The van der Waals surface area contributed by atoms with Gasteiger partial charge in [0.1, 0.15) is 0 Å². The van der Waals surface area contributed by atoms with E-state index in [9.17, 15) is 0 Å². The van der Waals surface area contributed by atoms with Crippen LogP contribution in [-0.2, 0) is 7.05 Å². The highest BCUT2D eigenvalue weighted by Crippen LogP contribution is 2.22. The van der Waals surface area contributed by atoms with Crippen LogP contribution in [0.5, 0.6) is 0 Å². The maximum absolute atomic E-state index is 5.79. The Labute approximate surface area is 95.4 Å². The van der Waals surface area contributed by atoms with Crippen LogP contribution in [0.2, 0.25) is 0 Å². The van der Waals surface area contributed by atoms with E-state index in [-0.39, 0.29) is 0 Å². The van der Waals surface area contributed by atoms with Gasteiger partial charge in [0.2, 0.25) is 0 Å². The van der Waals surface area contributed by atoms with Crippen molar-refractivity contribution < 1.29 is 0 Å². The number of rotatable bonds is 2. The van der Waals surface area contributed by atoms with E-state index >= 15 is 0 Å². The number of nitrogens with one attached hydrogen (secondary N) is 1. The first-order valence-corrected chi connectivity index (χ1v) is 5.11. The van der Waals surface area contributed by atoms with E-state index in [0.29, 0.717) is 11.5 Å². The first-order valence-electron chi connectivity index (χ1n) is 4.32. The lowest BCUT2D eigenvalue weighted by Gasteiger charge is -2.05. The zero-order valence-corrected chi connectivity index (χ0v) is 9.69. The summed E-state index contributed by atoms with van der Waals surface area (Å²) in [5.41, 5.74) is 7.24. The third kappa shape index (κ3) is 2.27. The van der Waals surface area contributed by atoms with Crippen LogP contribution in [0.4, 0.5) is 17.2 Å². The van der Waals surface area contributed by atoms with Gasteiger partial charge in [-0.05, 0) is 22.0 Å². The van der Waals surface area contributed by atoms with Gasteiger partial charge >= 0.3 is 0 Å². The Morgan fingerprint density at radius 3 is 2.87 bits per heavy atom. The summed E-state index contributed by atoms with van der Waals surface area (Å²) < 4.78 is 2.56. The molecule has 5 nitrogen and oxygen atoms in total. The number of hydrogen-bond acceptors (Lipinski definition) is 4. The van der Waals surface area contributed by atoms with Gasteiger partial charge < -0.3 is 11.1 Å². The predicted octanol–water partition coefficient (Wildman–Crippen LogP) is 1.90. The maximum atomic E-state index is 5.79. The minimum Gasteiger partial charge on any atom is -0.396 e. The summed E-state index contributed by atoms with van der Waals surface area (Å²) in [6.45, 7) is 0. The van der Waals surface area contributed by atoms with E-state index in [4.69, 9.17) is 5.73 Å². The molecular formula is C9H10BrN5. The molecule has 0 bridgehead atoms. The molecule has 78 valence electrons. The smallest absolute Gasteiger partial charge is 0.153 e. The molecule has 0 aromatic carbocycles. The van der Waals surface area contributed by atoms with Crippen LogP contribution in [0.15, 0.2) is 29.1 Å². The molecule has 0 aliphatic heterocycles. The van der Waals surface area contributed by atoms with Crippen molar-refractivity contribution in [2.75, 3.05) is 11.1 Å². The van der Waals surface area contributed by atoms with Crippen molar-refractivity contribution in [3.8, 4) is 0 Å². The summed E-state index contributed by atoms with van der Waals surface area (Å²) in [6, 6.07) is 1.80. The van der Waals surface area contributed by atoms with Crippen molar-refractivity contribution in [2.24, 2.45) is 7.05 Å². The fraction of sp³-hybridized carbons (Fsp3) is 0.111. The molecule has 0 saturated heterocycles. The predicted molar refractivity (Wildman–Crippen MR) is 62.8 cm³/mol. The number of nitrogen functional groups attached to an aromatic ring is 1. The van der Waals surface area contributed by atoms with Crippen LogP contribution in [0, 0.1) is 0 Å². The number of pyridine rings is 1. The molecule has 0 fully saturated rings. The topological polar surface area (TPSA) is 68.8 Å². The molecule has 0 radical (unpaired) electrons. The van der Waals surface area contributed by atoms with E-state index < -0.39 is 0 Å². The number of nitrogens with zero attached hydrogens (tertiary/aromatic N) is 3. The second-order valence-corrected chi connectivity index (χ2v) is 4.03. The monoisotopic (exact) mass is 267 g/mol. The lowest BCUT2D eigenvalue weighted by Crippen LogP contribution is -1.98. The van der Waals surface area contributed by atoms with Crippen molar-refractivity contribution in [1.29, 1.82) is 0 Å². The van der Waals surface area contributed by atoms with Crippen molar-refractivity contribution in [3.63, 3.8) is 0 Å². The van der Waals surface area contributed by atoms with Gasteiger partial charge in [-0.3, -0.25) is 4.68 Å². The average Bonchev–Trinajstić information content (AvgIpc) is 2.56. The molecule has 0 aliphatic rings. The SMILES string of the molecule is Cn1cc(Nc2ncc(Br)cc2N)cn1. The number of anilines is 3. The molecule has 3 N–H and O–H groups in total. The third-order valence-corrected chi connectivity index (χ3v) is 2.29. The van der Waals surface area contributed by atoms with Crippen LogP contribution in [0.1, 0.15) is 0 Å². The first-order chi connectivity index (χ1) is 7.15. The minimum atomic E-state index is 0.591. The molecule has 0 aliphatic carbocycles. The number of nitrogens with two attached hydrogens (primary N) is 1. The minimum absolute atomic E-state index is 0.591. The zero-order chi connectivity index (χ0) is 10.8. The highest BCUT2D eigenvalue weighted by Gasteiger charge is 2.02. The summed E-state index contributed by atoms with van der Waals surface area (Å²) in [5, 5.41) is 7.12. The molecule has 0 unspecified atom stereocenters. The second kappa shape index (κ2) is 3.90. The summed E-state index contributed by atoms with van der Waals surface area (Å²) in [6.07, 6.45) is 5.25. The van der Waals surface area contributed by atoms with Crippen molar-refractivity contribution in [1.82, 2.24) is 14.8 Å². The average molecular weight is 268 g/mol. The Kier molecular flexibility index (Phi) is 2.59. The molecular weight excluding hydrogens is 258 g/mol. The Morgan fingerprint density at radius 2 is 2.27 bits per heavy atom. The summed E-state index contributed by atoms with van der Waals surface area (Å²) in [7, 11) is 1.85. The van der Waals surface area contributed by atoms with Gasteiger partial charge in [0.25, 0.3) is 0 Å². The van der Waals surface area contributed by atoms with E-state index in [1.54, 1.807) is 23.1 Å². The van der Waals surface area contributed by atoms with Gasteiger partial charge in [-0.15, -0.1) is 0 Å². The quantitative estimate of drug-likeness (QED) is 0.872. The van der Waals surface area contributed by atoms with Crippen LogP contribution in [-0.4, -0.2) is 14.8 Å². The highest BCUT2D eigenvalue weighted by atomic mass is 79.9. The number of hydrogen-bond donors (Lipinski definition) is 2. The standard InChI is InChI=1S/C9H10BrN5/c1-15-5-7(4-13-15)14-9-8(11)2-6(10)3-12-9/h2-5H,11H2,1H3,(H,12,14). The third-order valence-electron chi connectivity index (χ3n) is 1.85. The van der Waals surface area contributed by atoms with Crippen LogP contribution < -0.4 is 11.1 Å². The van der Waals surface area contributed by atoms with Crippen molar-refractivity contribution in [2.45, 2.75) is 0 Å². The molecule has 0 saturated carbocycles. The first kappa shape index (κ1) is 9.97. The lowest BCUT2D eigenvalue weighted by atomic mass is 10.4. The Morgan fingerprint density at radius 1 is 1.47 bits per heavy atom.